The number of piperidine rings is 1. The van der Waals surface area contributed by atoms with Crippen LogP contribution in [0.25, 0.3) is 0 Å². The number of allylic oxidation sites excluding steroid dienone is 1. The molecule has 1 saturated carbocycles. The molecule has 3 aliphatic rings. The summed E-state index contributed by atoms with van der Waals surface area (Å²) in [6.07, 6.45) is 12.2. The van der Waals surface area contributed by atoms with Crippen molar-refractivity contribution in [2.24, 2.45) is 17.8 Å². The Labute approximate surface area is 128 Å². The van der Waals surface area contributed by atoms with Gasteiger partial charge in [-0.3, -0.25) is 9.69 Å². The van der Waals surface area contributed by atoms with E-state index >= 15 is 0 Å². The Hall–Kier alpha value is -0.830. The molecular formula is C18H29NO2. The fourth-order valence-electron chi connectivity index (χ4n) is 4.64. The van der Waals surface area contributed by atoms with Crippen molar-refractivity contribution < 1.29 is 9.53 Å². The van der Waals surface area contributed by atoms with Crippen LogP contribution in [0.5, 0.6) is 0 Å². The maximum Gasteiger partial charge on any atom is 0.309 e. The first-order chi connectivity index (χ1) is 10.1. The molecular weight excluding hydrogens is 262 g/mol. The van der Waals surface area contributed by atoms with Crippen LogP contribution in [0, 0.1) is 17.8 Å². The highest BCUT2D eigenvalue weighted by Gasteiger charge is 2.47. The van der Waals surface area contributed by atoms with Gasteiger partial charge < -0.3 is 4.74 Å². The Bertz CT molecular complexity index is 419. The summed E-state index contributed by atoms with van der Waals surface area (Å²) in [5, 5.41) is 0. The first kappa shape index (κ1) is 15.1. The summed E-state index contributed by atoms with van der Waals surface area (Å²) in [4.78, 5) is 14.4. The monoisotopic (exact) mass is 291 g/mol. The molecule has 3 heteroatoms. The Morgan fingerprint density at radius 1 is 1.10 bits per heavy atom. The predicted molar refractivity (Wildman–Crippen MR) is 83.9 cm³/mol. The molecule has 1 aliphatic carbocycles. The second-order valence-electron chi connectivity index (χ2n) is 7.32. The van der Waals surface area contributed by atoms with Crippen LogP contribution in [0.15, 0.2) is 12.2 Å². The van der Waals surface area contributed by atoms with Crippen LogP contribution in [0.1, 0.15) is 52.4 Å². The summed E-state index contributed by atoms with van der Waals surface area (Å²) in [5.41, 5.74) is 0. The van der Waals surface area contributed by atoms with Gasteiger partial charge in [-0.25, -0.2) is 0 Å². The van der Waals surface area contributed by atoms with Crippen LogP contribution in [0.4, 0.5) is 0 Å². The van der Waals surface area contributed by atoms with Gasteiger partial charge in [0.15, 0.2) is 0 Å². The van der Waals surface area contributed by atoms with E-state index in [2.05, 4.69) is 37.9 Å². The quantitative estimate of drug-likeness (QED) is 0.577. The van der Waals surface area contributed by atoms with Gasteiger partial charge in [-0.2, -0.15) is 0 Å². The standard InChI is InChI=1S/C18H29NO2/c1-12-6-4-8-15(19(12)3)11-10-14-7-5-9-16-17(14)13(2)21-18(16)20/h10-17H,4-9H2,1-3H3/b11-10+/t12-,13-,14-,15+,16-,17+/m1/s1. The average Bonchev–Trinajstić information content (AvgIpc) is 2.76. The highest BCUT2D eigenvalue weighted by atomic mass is 16.6. The Morgan fingerprint density at radius 2 is 1.86 bits per heavy atom. The third-order valence-corrected chi connectivity index (χ3v) is 6.08. The first-order valence-corrected chi connectivity index (χ1v) is 8.68. The molecule has 2 heterocycles. The van der Waals surface area contributed by atoms with Gasteiger partial charge in [-0.1, -0.05) is 25.0 Å². The molecule has 0 unspecified atom stereocenters. The van der Waals surface area contributed by atoms with Crippen LogP contribution in [-0.2, 0) is 9.53 Å². The van der Waals surface area contributed by atoms with Crippen LogP contribution >= 0.6 is 0 Å². The van der Waals surface area contributed by atoms with Gasteiger partial charge in [0, 0.05) is 18.0 Å². The largest absolute Gasteiger partial charge is 0.462 e. The Kier molecular flexibility index (Phi) is 4.39. The topological polar surface area (TPSA) is 29.5 Å². The number of cyclic esters (lactones) is 1. The molecule has 0 aromatic heterocycles. The summed E-state index contributed by atoms with van der Waals surface area (Å²) >= 11 is 0. The second kappa shape index (κ2) is 6.12. The van der Waals surface area contributed by atoms with Crippen molar-refractivity contribution in [2.45, 2.75) is 70.6 Å². The lowest BCUT2D eigenvalue weighted by Crippen LogP contribution is -2.41. The highest BCUT2D eigenvalue weighted by molar-refractivity contribution is 5.75. The molecule has 3 nitrogen and oxygen atoms in total. The number of carbonyl (C=O) groups excluding carboxylic acids is 1. The van der Waals surface area contributed by atoms with Gasteiger partial charge >= 0.3 is 5.97 Å². The Balaban J connectivity index is 1.68. The van der Waals surface area contributed by atoms with Crippen LogP contribution in [-0.4, -0.2) is 36.1 Å². The molecule has 6 atom stereocenters. The maximum atomic E-state index is 11.9. The molecule has 3 rings (SSSR count). The van der Waals surface area contributed by atoms with Crippen molar-refractivity contribution in [1.82, 2.24) is 4.90 Å². The van der Waals surface area contributed by atoms with Gasteiger partial charge in [-0.15, -0.1) is 0 Å². The van der Waals surface area contributed by atoms with Crippen LogP contribution < -0.4 is 0 Å². The smallest absolute Gasteiger partial charge is 0.309 e. The summed E-state index contributed by atoms with van der Waals surface area (Å²) in [5.74, 6) is 1.14. The van der Waals surface area contributed by atoms with Crippen molar-refractivity contribution in [3.8, 4) is 0 Å². The number of likely N-dealkylation sites (N-methyl/N-ethyl adjacent to an activating group) is 1. The number of nitrogens with zero attached hydrogens (tertiary/aromatic N) is 1. The van der Waals surface area contributed by atoms with E-state index in [0.717, 1.165) is 12.8 Å². The minimum Gasteiger partial charge on any atom is -0.462 e. The van der Waals surface area contributed by atoms with Crippen molar-refractivity contribution in [1.29, 1.82) is 0 Å². The number of hydrogen-bond acceptors (Lipinski definition) is 3. The van der Waals surface area contributed by atoms with E-state index in [1.54, 1.807) is 0 Å². The van der Waals surface area contributed by atoms with Crippen molar-refractivity contribution in [2.75, 3.05) is 7.05 Å². The van der Waals surface area contributed by atoms with Crippen molar-refractivity contribution in [3.05, 3.63) is 12.2 Å². The first-order valence-electron chi connectivity index (χ1n) is 8.68. The number of likely N-dealkylation sites (tertiary alicyclic amines) is 1. The predicted octanol–water partition coefficient (Wildman–Crippen LogP) is 3.39. The lowest BCUT2D eigenvalue weighted by Gasteiger charge is -2.37. The molecule has 0 amide bonds. The van der Waals surface area contributed by atoms with E-state index in [1.165, 1.54) is 25.7 Å². The van der Waals surface area contributed by atoms with E-state index in [0.29, 0.717) is 23.9 Å². The summed E-state index contributed by atoms with van der Waals surface area (Å²) < 4.78 is 5.49. The molecule has 0 bridgehead atoms. The normalized spacial score (nSPS) is 44.8. The molecule has 3 fully saturated rings. The molecule has 0 aromatic rings. The molecule has 0 N–H and O–H groups in total. The van der Waals surface area contributed by atoms with Crippen molar-refractivity contribution in [3.63, 3.8) is 0 Å². The van der Waals surface area contributed by atoms with Gasteiger partial charge in [0.1, 0.15) is 6.10 Å². The fourth-order valence-corrected chi connectivity index (χ4v) is 4.64. The summed E-state index contributed by atoms with van der Waals surface area (Å²) in [6.45, 7) is 4.39. The van der Waals surface area contributed by atoms with Gasteiger partial charge in [0.05, 0.1) is 5.92 Å². The summed E-state index contributed by atoms with van der Waals surface area (Å²) in [7, 11) is 2.24. The second-order valence-corrected chi connectivity index (χ2v) is 7.32. The number of esters is 1. The number of rotatable bonds is 2. The molecule has 0 aromatic carbocycles. The number of carbonyl (C=O) groups is 1. The van der Waals surface area contributed by atoms with Gasteiger partial charge in [0.25, 0.3) is 0 Å². The SMILES string of the molecule is C[C@@H]1CCC[C@@H](/C=C/[C@H]2CCC[C@H]3C(=O)O[C@H](C)[C@@H]23)N1C. The van der Waals surface area contributed by atoms with Gasteiger partial charge in [0.2, 0.25) is 0 Å². The van der Waals surface area contributed by atoms with Gasteiger partial charge in [-0.05, 0) is 52.5 Å². The molecule has 2 aliphatic heterocycles. The molecule has 0 radical (unpaired) electrons. The fraction of sp³-hybridized carbons (Fsp3) is 0.833. The number of hydrogen-bond donors (Lipinski definition) is 0. The van der Waals surface area contributed by atoms with E-state index in [1.807, 2.05) is 0 Å². The number of fused-ring (bicyclic) bond motifs is 1. The van der Waals surface area contributed by atoms with Crippen molar-refractivity contribution >= 4 is 5.97 Å². The van der Waals surface area contributed by atoms with E-state index < -0.39 is 0 Å². The van der Waals surface area contributed by atoms with E-state index in [4.69, 9.17) is 4.74 Å². The summed E-state index contributed by atoms with van der Waals surface area (Å²) in [6, 6.07) is 1.25. The third-order valence-electron chi connectivity index (χ3n) is 6.08. The zero-order valence-electron chi connectivity index (χ0n) is 13.6. The highest BCUT2D eigenvalue weighted by Crippen LogP contribution is 2.44. The van der Waals surface area contributed by atoms with Crippen LogP contribution in [0.3, 0.4) is 0 Å². The van der Waals surface area contributed by atoms with E-state index in [9.17, 15) is 4.79 Å². The lowest BCUT2D eigenvalue weighted by atomic mass is 9.71. The zero-order valence-corrected chi connectivity index (χ0v) is 13.6. The minimum atomic E-state index is 0.0500. The third kappa shape index (κ3) is 2.90. The van der Waals surface area contributed by atoms with E-state index in [-0.39, 0.29) is 18.0 Å². The maximum absolute atomic E-state index is 11.9. The molecule has 21 heavy (non-hydrogen) atoms. The molecule has 118 valence electrons. The minimum absolute atomic E-state index is 0.0500. The lowest BCUT2D eigenvalue weighted by molar-refractivity contribution is -0.143. The number of ether oxygens (including phenoxy) is 1. The average molecular weight is 291 g/mol. The molecule has 0 spiro atoms. The molecule has 2 saturated heterocycles. The Morgan fingerprint density at radius 3 is 2.67 bits per heavy atom. The zero-order chi connectivity index (χ0) is 15.0. The van der Waals surface area contributed by atoms with Crippen LogP contribution in [0.2, 0.25) is 0 Å².